The molecule has 1 aliphatic heterocycles. The second-order valence-corrected chi connectivity index (χ2v) is 5.79. The number of hydrogen-bond donors (Lipinski definition) is 1. The summed E-state index contributed by atoms with van der Waals surface area (Å²) in [4.78, 5) is 44.9. The van der Waals surface area contributed by atoms with Crippen molar-refractivity contribution in [1.82, 2.24) is 10.0 Å². The lowest BCUT2D eigenvalue weighted by Gasteiger charge is -2.11. The summed E-state index contributed by atoms with van der Waals surface area (Å²) in [6, 6.07) is 13.8. The number of aromatic nitrogens is 1. The van der Waals surface area contributed by atoms with Crippen molar-refractivity contribution < 1.29 is 19.2 Å². The quantitative estimate of drug-likeness (QED) is 0.747. The standard InChI is InChI=1S/C19H14N2O4/c1-2-11-7-8-12-10-16(20-15(12)9-11)19(24)25-21-17(22)13-5-3-4-6-14(13)18(21)23/h3-10,20H,2H2,1H3. The second kappa shape index (κ2) is 5.59. The molecule has 1 aromatic heterocycles. The first-order chi connectivity index (χ1) is 12.1. The molecule has 0 bridgehead atoms. The summed E-state index contributed by atoms with van der Waals surface area (Å²) in [5.41, 5.74) is 2.57. The number of imide groups is 1. The van der Waals surface area contributed by atoms with Crippen LogP contribution < -0.4 is 0 Å². The zero-order valence-electron chi connectivity index (χ0n) is 13.4. The fourth-order valence-corrected chi connectivity index (χ4v) is 2.89. The Bertz CT molecular complexity index is 1000. The highest BCUT2D eigenvalue weighted by molar-refractivity contribution is 6.21. The number of fused-ring (bicyclic) bond motifs is 2. The van der Waals surface area contributed by atoms with E-state index in [2.05, 4.69) is 4.98 Å². The Morgan fingerprint density at radius 3 is 2.36 bits per heavy atom. The molecule has 0 fully saturated rings. The smallest absolute Gasteiger partial charge is 0.349 e. The maximum atomic E-state index is 12.4. The fourth-order valence-electron chi connectivity index (χ4n) is 2.89. The van der Waals surface area contributed by atoms with Crippen LogP contribution in [-0.2, 0) is 11.3 Å². The van der Waals surface area contributed by atoms with E-state index in [9.17, 15) is 14.4 Å². The molecule has 4 rings (SSSR count). The van der Waals surface area contributed by atoms with Gasteiger partial charge in [0.25, 0.3) is 11.8 Å². The number of carbonyl (C=O) groups is 3. The van der Waals surface area contributed by atoms with Gasteiger partial charge in [-0.05, 0) is 36.2 Å². The molecule has 0 unspecified atom stereocenters. The molecule has 0 saturated carbocycles. The molecular formula is C19H14N2O4. The number of hydroxylamine groups is 2. The number of nitrogens with one attached hydrogen (secondary N) is 1. The highest BCUT2D eigenvalue weighted by atomic mass is 16.7. The van der Waals surface area contributed by atoms with Crippen LogP contribution in [0.4, 0.5) is 0 Å². The third-order valence-corrected chi connectivity index (χ3v) is 4.25. The van der Waals surface area contributed by atoms with Crippen LogP contribution in [0.25, 0.3) is 10.9 Å². The number of carbonyl (C=O) groups excluding carboxylic acids is 3. The summed E-state index contributed by atoms with van der Waals surface area (Å²) in [6.07, 6.45) is 0.879. The van der Waals surface area contributed by atoms with Gasteiger partial charge in [0.05, 0.1) is 11.1 Å². The third kappa shape index (κ3) is 2.39. The normalized spacial score (nSPS) is 13.4. The van der Waals surface area contributed by atoms with Crippen molar-refractivity contribution in [3.05, 3.63) is 70.9 Å². The minimum Gasteiger partial charge on any atom is -0.349 e. The van der Waals surface area contributed by atoms with E-state index in [0.29, 0.717) is 5.06 Å². The first-order valence-corrected chi connectivity index (χ1v) is 7.90. The Labute approximate surface area is 143 Å². The van der Waals surface area contributed by atoms with Crippen LogP contribution in [0.1, 0.15) is 43.7 Å². The van der Waals surface area contributed by atoms with Crippen LogP contribution in [0.3, 0.4) is 0 Å². The molecule has 1 aliphatic rings. The third-order valence-electron chi connectivity index (χ3n) is 4.25. The molecule has 2 aromatic carbocycles. The average Bonchev–Trinajstić information content (AvgIpc) is 3.16. The van der Waals surface area contributed by atoms with Crippen molar-refractivity contribution in [1.29, 1.82) is 0 Å². The van der Waals surface area contributed by atoms with Crippen molar-refractivity contribution in [3.63, 3.8) is 0 Å². The summed E-state index contributed by atoms with van der Waals surface area (Å²) < 4.78 is 0. The van der Waals surface area contributed by atoms with E-state index in [-0.39, 0.29) is 16.8 Å². The molecule has 0 radical (unpaired) electrons. The highest BCUT2D eigenvalue weighted by Gasteiger charge is 2.38. The van der Waals surface area contributed by atoms with Gasteiger partial charge in [-0.15, -0.1) is 0 Å². The van der Waals surface area contributed by atoms with Gasteiger partial charge in [0.15, 0.2) is 0 Å². The Morgan fingerprint density at radius 2 is 1.72 bits per heavy atom. The van der Waals surface area contributed by atoms with Crippen LogP contribution in [0.5, 0.6) is 0 Å². The largest absolute Gasteiger partial charge is 0.380 e. The van der Waals surface area contributed by atoms with Crippen LogP contribution in [-0.4, -0.2) is 27.8 Å². The van der Waals surface area contributed by atoms with Gasteiger partial charge in [0.2, 0.25) is 0 Å². The van der Waals surface area contributed by atoms with Gasteiger partial charge in [-0.1, -0.05) is 36.3 Å². The first kappa shape index (κ1) is 15.1. The highest BCUT2D eigenvalue weighted by Crippen LogP contribution is 2.24. The van der Waals surface area contributed by atoms with Crippen molar-refractivity contribution >= 4 is 28.7 Å². The van der Waals surface area contributed by atoms with Crippen LogP contribution in [0.15, 0.2) is 48.5 Å². The van der Waals surface area contributed by atoms with E-state index in [4.69, 9.17) is 4.84 Å². The maximum Gasteiger partial charge on any atom is 0.380 e. The first-order valence-electron chi connectivity index (χ1n) is 7.90. The van der Waals surface area contributed by atoms with E-state index < -0.39 is 17.8 Å². The Kier molecular flexibility index (Phi) is 3.39. The van der Waals surface area contributed by atoms with Crippen molar-refractivity contribution in [2.45, 2.75) is 13.3 Å². The maximum absolute atomic E-state index is 12.4. The molecule has 124 valence electrons. The molecule has 3 aromatic rings. The predicted molar refractivity (Wildman–Crippen MR) is 90.0 cm³/mol. The number of hydrogen-bond acceptors (Lipinski definition) is 4. The Balaban J connectivity index is 1.61. The van der Waals surface area contributed by atoms with E-state index in [0.717, 1.165) is 22.9 Å². The van der Waals surface area contributed by atoms with Crippen molar-refractivity contribution in [2.75, 3.05) is 0 Å². The van der Waals surface area contributed by atoms with Gasteiger partial charge >= 0.3 is 5.97 Å². The molecule has 0 spiro atoms. The van der Waals surface area contributed by atoms with Crippen molar-refractivity contribution in [2.24, 2.45) is 0 Å². The van der Waals surface area contributed by atoms with Gasteiger partial charge in [-0.3, -0.25) is 9.59 Å². The second-order valence-electron chi connectivity index (χ2n) is 5.79. The summed E-state index contributed by atoms with van der Waals surface area (Å²) in [5, 5.41) is 1.36. The lowest BCUT2D eigenvalue weighted by Crippen LogP contribution is -2.32. The SMILES string of the molecule is CCc1ccc2cc(C(=O)ON3C(=O)c4ccccc4C3=O)[nH]c2c1. The lowest BCUT2D eigenvalue weighted by molar-refractivity contribution is -0.0587. The Hall–Kier alpha value is -3.41. The molecular weight excluding hydrogens is 320 g/mol. The van der Waals surface area contributed by atoms with E-state index in [1.807, 2.05) is 25.1 Å². The van der Waals surface area contributed by atoms with Gasteiger partial charge in [-0.2, -0.15) is 0 Å². The molecule has 0 saturated heterocycles. The van der Waals surface area contributed by atoms with Crippen LogP contribution in [0.2, 0.25) is 0 Å². The molecule has 0 aliphatic carbocycles. The van der Waals surface area contributed by atoms with Gasteiger partial charge < -0.3 is 9.82 Å². The fraction of sp³-hybridized carbons (Fsp3) is 0.105. The number of benzene rings is 2. The number of H-pyrrole nitrogens is 1. The summed E-state index contributed by atoms with van der Waals surface area (Å²) in [5.74, 6) is -2.07. The topological polar surface area (TPSA) is 79.5 Å². The Morgan fingerprint density at radius 1 is 1.04 bits per heavy atom. The minimum absolute atomic E-state index is 0.180. The van der Waals surface area contributed by atoms with Gasteiger partial charge in [0.1, 0.15) is 5.69 Å². The molecule has 0 atom stereocenters. The van der Waals surface area contributed by atoms with Crippen LogP contribution in [0, 0.1) is 0 Å². The molecule has 1 N–H and O–H groups in total. The number of rotatable bonds is 3. The molecule has 6 nitrogen and oxygen atoms in total. The van der Waals surface area contributed by atoms with E-state index >= 15 is 0 Å². The predicted octanol–water partition coefficient (Wildman–Crippen LogP) is 3.10. The van der Waals surface area contributed by atoms with Gasteiger partial charge in [-0.25, -0.2) is 4.79 Å². The molecule has 6 heteroatoms. The van der Waals surface area contributed by atoms with Crippen LogP contribution >= 0.6 is 0 Å². The van der Waals surface area contributed by atoms with Gasteiger partial charge in [0, 0.05) is 10.9 Å². The molecule has 2 heterocycles. The van der Waals surface area contributed by atoms with E-state index in [1.165, 1.54) is 12.1 Å². The number of aromatic amines is 1. The molecule has 2 amide bonds. The summed E-state index contributed by atoms with van der Waals surface area (Å²) >= 11 is 0. The molecule has 25 heavy (non-hydrogen) atoms. The zero-order valence-corrected chi connectivity index (χ0v) is 13.4. The average molecular weight is 334 g/mol. The lowest BCUT2D eigenvalue weighted by atomic mass is 10.1. The minimum atomic E-state index is -0.788. The zero-order chi connectivity index (χ0) is 17.6. The monoisotopic (exact) mass is 334 g/mol. The van der Waals surface area contributed by atoms with Crippen molar-refractivity contribution in [3.8, 4) is 0 Å². The number of aryl methyl sites for hydroxylation is 1. The van der Waals surface area contributed by atoms with E-state index in [1.54, 1.807) is 18.2 Å². The number of nitrogens with zero attached hydrogens (tertiary/aromatic N) is 1. The summed E-state index contributed by atoms with van der Waals surface area (Å²) in [6.45, 7) is 2.04. The summed E-state index contributed by atoms with van der Waals surface area (Å²) in [7, 11) is 0. The number of amides is 2.